The molecule has 0 radical (unpaired) electrons. The van der Waals surface area contributed by atoms with Gasteiger partial charge in [-0.15, -0.1) is 0 Å². The molecule has 0 aromatic rings. The van der Waals surface area contributed by atoms with Crippen LogP contribution >= 0.6 is 0 Å². The Morgan fingerprint density at radius 3 is 2.65 bits per heavy atom. The highest BCUT2D eigenvalue weighted by Crippen LogP contribution is 2.58. The van der Waals surface area contributed by atoms with Gasteiger partial charge >= 0.3 is 5.97 Å². The molecule has 2 bridgehead atoms. The summed E-state index contributed by atoms with van der Waals surface area (Å²) in [6.07, 6.45) is 7.83. The molecule has 0 aliphatic heterocycles. The van der Waals surface area contributed by atoms with Crippen molar-refractivity contribution in [2.24, 2.45) is 35.5 Å². The van der Waals surface area contributed by atoms with E-state index in [0.29, 0.717) is 18.5 Å². The zero-order valence-corrected chi connectivity index (χ0v) is 12.8. The zero-order valence-electron chi connectivity index (χ0n) is 12.8. The first-order valence-corrected chi connectivity index (χ1v) is 8.52. The minimum atomic E-state index is -0.631. The highest BCUT2D eigenvalue weighted by Gasteiger charge is 2.53. The first kappa shape index (κ1) is 14.4. The third kappa shape index (κ3) is 2.61. The second-order valence-electron chi connectivity index (χ2n) is 7.83. The van der Waals surface area contributed by atoms with E-state index in [1.54, 1.807) is 0 Å². The lowest BCUT2D eigenvalue weighted by Crippen LogP contribution is -2.42. The van der Waals surface area contributed by atoms with E-state index in [1.165, 1.54) is 32.1 Å². The number of fused-ring (bicyclic) bond motifs is 5. The van der Waals surface area contributed by atoms with E-state index >= 15 is 0 Å². The molecule has 3 saturated carbocycles. The van der Waals surface area contributed by atoms with Crippen molar-refractivity contribution in [3.63, 3.8) is 0 Å². The number of hydrogen-bond donors (Lipinski definition) is 2. The summed E-state index contributed by atoms with van der Waals surface area (Å²) < 4.78 is 0. The summed E-state index contributed by atoms with van der Waals surface area (Å²) in [5.74, 6) is 3.38. The Balaban J connectivity index is 1.53. The fourth-order valence-corrected chi connectivity index (χ4v) is 5.44. The number of aliphatic carboxylic acids is 1. The third-order valence-electron chi connectivity index (χ3n) is 6.16. The van der Waals surface area contributed by atoms with Gasteiger partial charge in [-0.3, -0.25) is 4.79 Å². The summed E-state index contributed by atoms with van der Waals surface area (Å²) in [5, 5.41) is 13.0. The summed E-state index contributed by atoms with van der Waals surface area (Å²) in [5.41, 5.74) is 0. The molecular formula is C17H29NO2. The lowest BCUT2D eigenvalue weighted by atomic mass is 9.79. The highest BCUT2D eigenvalue weighted by atomic mass is 16.4. The smallest absolute Gasteiger partial charge is 0.307 e. The molecule has 0 unspecified atom stereocenters. The van der Waals surface area contributed by atoms with E-state index < -0.39 is 5.97 Å². The number of hydrogen-bond acceptors (Lipinski definition) is 2. The zero-order chi connectivity index (χ0) is 14.3. The number of carbonyl (C=O) groups is 1. The van der Waals surface area contributed by atoms with E-state index in [-0.39, 0.29) is 5.92 Å². The molecule has 0 aromatic carbocycles. The predicted molar refractivity (Wildman–Crippen MR) is 79.4 cm³/mol. The van der Waals surface area contributed by atoms with E-state index in [4.69, 9.17) is 0 Å². The average Bonchev–Trinajstić information content (AvgIpc) is 3.04. The van der Waals surface area contributed by atoms with Crippen LogP contribution in [0.25, 0.3) is 0 Å². The van der Waals surface area contributed by atoms with Gasteiger partial charge in [0.1, 0.15) is 0 Å². The van der Waals surface area contributed by atoms with Gasteiger partial charge in [-0.25, -0.2) is 0 Å². The van der Waals surface area contributed by atoms with Crippen LogP contribution in [0.15, 0.2) is 0 Å². The van der Waals surface area contributed by atoms with Gasteiger partial charge in [0.15, 0.2) is 0 Å². The summed E-state index contributed by atoms with van der Waals surface area (Å²) in [6, 6.07) is 0.605. The Hall–Kier alpha value is -0.570. The van der Waals surface area contributed by atoms with Gasteiger partial charge in [0, 0.05) is 12.6 Å². The van der Waals surface area contributed by atoms with Crippen molar-refractivity contribution in [1.82, 2.24) is 5.32 Å². The topological polar surface area (TPSA) is 49.3 Å². The summed E-state index contributed by atoms with van der Waals surface area (Å²) in [7, 11) is 0. The van der Waals surface area contributed by atoms with Crippen molar-refractivity contribution in [3.05, 3.63) is 0 Å². The molecule has 6 atom stereocenters. The Kier molecular flexibility index (Phi) is 4.07. The quantitative estimate of drug-likeness (QED) is 0.785. The van der Waals surface area contributed by atoms with Crippen LogP contribution in [0.3, 0.4) is 0 Å². The van der Waals surface area contributed by atoms with Gasteiger partial charge in [-0.2, -0.15) is 0 Å². The summed E-state index contributed by atoms with van der Waals surface area (Å²) >= 11 is 0. The predicted octanol–water partition coefficient (Wildman–Crippen LogP) is 3.15. The molecule has 0 heterocycles. The first-order chi connectivity index (χ1) is 9.56. The van der Waals surface area contributed by atoms with Crippen molar-refractivity contribution < 1.29 is 9.90 Å². The SMILES string of the molecule is CC(C)C[C@H](CN[C@@H]1C[C@H]2C[C@H]1[C@@H]1CCC[C@@H]21)C(=O)O. The summed E-state index contributed by atoms with van der Waals surface area (Å²) in [4.78, 5) is 11.3. The number of rotatable bonds is 6. The van der Waals surface area contributed by atoms with E-state index in [2.05, 4.69) is 19.2 Å². The second kappa shape index (κ2) is 5.67. The van der Waals surface area contributed by atoms with Crippen LogP contribution in [0.4, 0.5) is 0 Å². The van der Waals surface area contributed by atoms with Gasteiger partial charge in [-0.1, -0.05) is 20.3 Å². The van der Waals surface area contributed by atoms with Crippen LogP contribution in [0.2, 0.25) is 0 Å². The lowest BCUT2D eigenvalue weighted by Gasteiger charge is -2.33. The molecule has 3 aliphatic rings. The molecule has 3 aliphatic carbocycles. The number of carboxylic acids is 1. The van der Waals surface area contributed by atoms with Crippen molar-refractivity contribution >= 4 is 5.97 Å². The molecule has 3 fully saturated rings. The minimum absolute atomic E-state index is 0.214. The number of nitrogens with one attached hydrogen (secondary N) is 1. The van der Waals surface area contributed by atoms with Crippen LogP contribution in [-0.4, -0.2) is 23.7 Å². The van der Waals surface area contributed by atoms with Gasteiger partial charge in [0.05, 0.1) is 5.92 Å². The molecule has 3 nitrogen and oxygen atoms in total. The maximum atomic E-state index is 11.3. The van der Waals surface area contributed by atoms with E-state index in [9.17, 15) is 9.90 Å². The summed E-state index contributed by atoms with van der Waals surface area (Å²) in [6.45, 7) is 4.88. The van der Waals surface area contributed by atoms with Crippen LogP contribution < -0.4 is 5.32 Å². The molecule has 0 saturated heterocycles. The fraction of sp³-hybridized carbons (Fsp3) is 0.941. The van der Waals surface area contributed by atoms with Gasteiger partial charge in [0.25, 0.3) is 0 Å². The Bertz CT molecular complexity index is 368. The molecule has 3 heteroatoms. The van der Waals surface area contributed by atoms with Crippen molar-refractivity contribution in [2.45, 2.75) is 58.4 Å². The van der Waals surface area contributed by atoms with Gasteiger partial charge in [0.2, 0.25) is 0 Å². The van der Waals surface area contributed by atoms with Crippen molar-refractivity contribution in [3.8, 4) is 0 Å². The minimum Gasteiger partial charge on any atom is -0.481 e. The van der Waals surface area contributed by atoms with Crippen LogP contribution in [0.1, 0.15) is 52.4 Å². The number of carboxylic acid groups (broad SMARTS) is 1. The van der Waals surface area contributed by atoms with Crippen molar-refractivity contribution in [1.29, 1.82) is 0 Å². The average molecular weight is 279 g/mol. The standard InChI is InChI=1S/C17H29NO2/c1-10(2)6-12(17(19)20)9-18-16-8-11-7-15(16)14-5-3-4-13(11)14/h10-16,18H,3-9H2,1-2H3,(H,19,20)/t11-,12-,13+,14-,15+,16-/m1/s1. The maximum Gasteiger partial charge on any atom is 0.307 e. The third-order valence-corrected chi connectivity index (χ3v) is 6.16. The molecule has 20 heavy (non-hydrogen) atoms. The normalized spacial score (nSPS) is 40.2. The molecule has 3 rings (SSSR count). The molecule has 2 N–H and O–H groups in total. The van der Waals surface area contributed by atoms with E-state index in [1.807, 2.05) is 0 Å². The Morgan fingerprint density at radius 2 is 1.95 bits per heavy atom. The van der Waals surface area contributed by atoms with Gasteiger partial charge in [-0.05, 0) is 61.7 Å². The molecule has 0 spiro atoms. The highest BCUT2D eigenvalue weighted by molar-refractivity contribution is 5.70. The Morgan fingerprint density at radius 1 is 1.20 bits per heavy atom. The monoisotopic (exact) mass is 279 g/mol. The molecule has 114 valence electrons. The molecular weight excluding hydrogens is 250 g/mol. The van der Waals surface area contributed by atoms with Gasteiger partial charge < -0.3 is 10.4 Å². The lowest BCUT2D eigenvalue weighted by molar-refractivity contribution is -0.142. The van der Waals surface area contributed by atoms with Crippen LogP contribution in [0.5, 0.6) is 0 Å². The Labute approximate surface area is 122 Å². The van der Waals surface area contributed by atoms with Crippen LogP contribution in [0, 0.1) is 35.5 Å². The largest absolute Gasteiger partial charge is 0.481 e. The van der Waals surface area contributed by atoms with E-state index in [0.717, 1.165) is 30.1 Å². The van der Waals surface area contributed by atoms with Crippen LogP contribution in [-0.2, 0) is 4.79 Å². The first-order valence-electron chi connectivity index (χ1n) is 8.52. The fourth-order valence-electron chi connectivity index (χ4n) is 5.44. The molecule has 0 aromatic heterocycles. The second-order valence-corrected chi connectivity index (χ2v) is 7.83. The molecule has 0 amide bonds. The maximum absolute atomic E-state index is 11.3. The van der Waals surface area contributed by atoms with Crippen molar-refractivity contribution in [2.75, 3.05) is 6.54 Å².